The zero-order valence-corrected chi connectivity index (χ0v) is 10.8. The van der Waals surface area contributed by atoms with Crippen LogP contribution in [0.5, 0.6) is 6.01 Å². The fourth-order valence-electron chi connectivity index (χ4n) is 1.26. The van der Waals surface area contributed by atoms with Crippen molar-refractivity contribution < 1.29 is 14.3 Å². The lowest BCUT2D eigenvalue weighted by atomic mass is 10.4. The standard InChI is InChI=1S/C10H9ClN2O3S/c1-3-16-9(14)6-4-5-7(11)12-10(15-2)13-8(5)17-6/h4H,3H2,1-2H3. The first-order valence-electron chi connectivity index (χ1n) is 4.84. The number of ether oxygens (including phenoxy) is 2. The van der Waals surface area contributed by atoms with E-state index in [4.69, 9.17) is 21.1 Å². The Bertz CT molecular complexity index is 570. The molecule has 0 fully saturated rings. The summed E-state index contributed by atoms with van der Waals surface area (Å²) in [7, 11) is 1.46. The SMILES string of the molecule is CCOC(=O)c1cc2c(Cl)nc(OC)nc2s1. The Labute approximate surface area is 106 Å². The van der Waals surface area contributed by atoms with E-state index in [0.717, 1.165) is 0 Å². The molecule has 0 unspecified atom stereocenters. The van der Waals surface area contributed by atoms with Crippen LogP contribution in [0.2, 0.25) is 5.15 Å². The van der Waals surface area contributed by atoms with Crippen LogP contribution in [0.4, 0.5) is 0 Å². The van der Waals surface area contributed by atoms with Crippen LogP contribution in [0.3, 0.4) is 0 Å². The zero-order chi connectivity index (χ0) is 12.4. The van der Waals surface area contributed by atoms with Gasteiger partial charge in [0.1, 0.15) is 14.9 Å². The Balaban J connectivity index is 2.49. The third-order valence-electron chi connectivity index (χ3n) is 1.98. The number of rotatable bonds is 3. The first-order chi connectivity index (χ1) is 8.15. The third kappa shape index (κ3) is 2.32. The first kappa shape index (κ1) is 12.1. The van der Waals surface area contributed by atoms with Crippen LogP contribution in [0.15, 0.2) is 6.07 Å². The predicted molar refractivity (Wildman–Crippen MR) is 64.9 cm³/mol. The summed E-state index contributed by atoms with van der Waals surface area (Å²) in [4.78, 5) is 20.6. The fraction of sp³-hybridized carbons (Fsp3) is 0.300. The number of halogens is 1. The van der Waals surface area contributed by atoms with Gasteiger partial charge in [-0.05, 0) is 13.0 Å². The van der Waals surface area contributed by atoms with Gasteiger partial charge in [0.15, 0.2) is 0 Å². The van der Waals surface area contributed by atoms with Gasteiger partial charge in [0.05, 0.1) is 13.7 Å². The quantitative estimate of drug-likeness (QED) is 0.635. The summed E-state index contributed by atoms with van der Waals surface area (Å²) in [5, 5.41) is 0.888. The molecule has 2 aromatic rings. The molecule has 17 heavy (non-hydrogen) atoms. The highest BCUT2D eigenvalue weighted by Gasteiger charge is 2.15. The summed E-state index contributed by atoms with van der Waals surface area (Å²) in [6, 6.07) is 1.81. The van der Waals surface area contributed by atoms with Crippen molar-refractivity contribution in [3.8, 4) is 6.01 Å². The molecular formula is C10H9ClN2O3S. The van der Waals surface area contributed by atoms with Crippen molar-refractivity contribution in [3.05, 3.63) is 16.1 Å². The van der Waals surface area contributed by atoms with Crippen molar-refractivity contribution >= 4 is 39.1 Å². The fourth-order valence-corrected chi connectivity index (χ4v) is 2.45. The Kier molecular flexibility index (Phi) is 3.44. The van der Waals surface area contributed by atoms with E-state index in [1.54, 1.807) is 13.0 Å². The van der Waals surface area contributed by atoms with Crippen LogP contribution >= 0.6 is 22.9 Å². The number of carbonyl (C=O) groups excluding carboxylic acids is 1. The predicted octanol–water partition coefficient (Wildman–Crippen LogP) is 2.53. The average Bonchev–Trinajstić information content (AvgIpc) is 2.73. The monoisotopic (exact) mass is 272 g/mol. The number of methoxy groups -OCH3 is 1. The van der Waals surface area contributed by atoms with E-state index < -0.39 is 0 Å². The van der Waals surface area contributed by atoms with Crippen LogP contribution in [0.1, 0.15) is 16.6 Å². The Morgan fingerprint density at radius 1 is 1.53 bits per heavy atom. The van der Waals surface area contributed by atoms with Crippen molar-refractivity contribution in [2.24, 2.45) is 0 Å². The van der Waals surface area contributed by atoms with Crippen LogP contribution in [0.25, 0.3) is 10.2 Å². The number of thiophene rings is 1. The number of hydrogen-bond acceptors (Lipinski definition) is 6. The highest BCUT2D eigenvalue weighted by molar-refractivity contribution is 7.20. The number of esters is 1. The lowest BCUT2D eigenvalue weighted by Gasteiger charge is -1.97. The van der Waals surface area contributed by atoms with E-state index in [-0.39, 0.29) is 17.1 Å². The molecule has 0 spiro atoms. The van der Waals surface area contributed by atoms with Crippen LogP contribution < -0.4 is 4.74 Å². The van der Waals surface area contributed by atoms with E-state index in [2.05, 4.69) is 9.97 Å². The molecule has 0 saturated heterocycles. The molecule has 0 amide bonds. The topological polar surface area (TPSA) is 61.3 Å². The lowest BCUT2D eigenvalue weighted by Crippen LogP contribution is -2.01. The minimum atomic E-state index is -0.384. The van der Waals surface area contributed by atoms with E-state index in [0.29, 0.717) is 21.7 Å². The largest absolute Gasteiger partial charge is 0.467 e. The van der Waals surface area contributed by atoms with Gasteiger partial charge in [-0.3, -0.25) is 0 Å². The Morgan fingerprint density at radius 2 is 2.29 bits per heavy atom. The van der Waals surface area contributed by atoms with Gasteiger partial charge in [0, 0.05) is 5.39 Å². The maximum atomic E-state index is 11.5. The van der Waals surface area contributed by atoms with Gasteiger partial charge >= 0.3 is 12.0 Å². The summed E-state index contributed by atoms with van der Waals surface area (Å²) >= 11 is 7.16. The Hall–Kier alpha value is -1.40. The average molecular weight is 273 g/mol. The van der Waals surface area contributed by atoms with Crippen molar-refractivity contribution in [1.29, 1.82) is 0 Å². The smallest absolute Gasteiger partial charge is 0.348 e. The molecule has 0 aliphatic carbocycles. The first-order valence-corrected chi connectivity index (χ1v) is 6.03. The number of hydrogen-bond donors (Lipinski definition) is 0. The molecule has 0 bridgehead atoms. The second-order valence-corrected chi connectivity index (χ2v) is 4.44. The van der Waals surface area contributed by atoms with Crippen LogP contribution in [-0.2, 0) is 4.74 Å². The maximum Gasteiger partial charge on any atom is 0.348 e. The molecule has 0 aliphatic heterocycles. The van der Waals surface area contributed by atoms with Gasteiger partial charge in [-0.25, -0.2) is 4.79 Å². The highest BCUT2D eigenvalue weighted by atomic mass is 35.5. The van der Waals surface area contributed by atoms with Gasteiger partial charge in [-0.15, -0.1) is 11.3 Å². The van der Waals surface area contributed by atoms with Gasteiger partial charge in [-0.2, -0.15) is 9.97 Å². The molecular weight excluding hydrogens is 264 g/mol. The number of fused-ring (bicyclic) bond motifs is 1. The molecule has 2 rings (SSSR count). The molecule has 5 nitrogen and oxygen atoms in total. The van der Waals surface area contributed by atoms with E-state index in [9.17, 15) is 4.79 Å². The molecule has 2 heterocycles. The normalized spacial score (nSPS) is 10.5. The van der Waals surface area contributed by atoms with E-state index >= 15 is 0 Å². The number of nitrogens with zero attached hydrogens (tertiary/aromatic N) is 2. The molecule has 90 valence electrons. The van der Waals surface area contributed by atoms with Crippen molar-refractivity contribution in [3.63, 3.8) is 0 Å². The second kappa shape index (κ2) is 4.85. The van der Waals surface area contributed by atoms with E-state index in [1.165, 1.54) is 18.4 Å². The Morgan fingerprint density at radius 3 is 2.94 bits per heavy atom. The zero-order valence-electron chi connectivity index (χ0n) is 9.19. The van der Waals surface area contributed by atoms with Crippen molar-refractivity contribution in [2.75, 3.05) is 13.7 Å². The summed E-state index contributed by atoms with van der Waals surface area (Å²) in [6.07, 6.45) is 0. The molecule has 0 radical (unpaired) electrons. The minimum Gasteiger partial charge on any atom is -0.467 e. The molecule has 0 atom stereocenters. The molecule has 7 heteroatoms. The molecule has 0 aromatic carbocycles. The van der Waals surface area contributed by atoms with Gasteiger partial charge in [-0.1, -0.05) is 11.6 Å². The van der Waals surface area contributed by atoms with Gasteiger partial charge in [0.2, 0.25) is 0 Å². The summed E-state index contributed by atoms with van der Waals surface area (Å²) in [5.74, 6) is -0.384. The highest BCUT2D eigenvalue weighted by Crippen LogP contribution is 2.30. The maximum absolute atomic E-state index is 11.5. The van der Waals surface area contributed by atoms with E-state index in [1.807, 2.05) is 0 Å². The third-order valence-corrected chi connectivity index (χ3v) is 3.28. The lowest BCUT2D eigenvalue weighted by molar-refractivity contribution is 0.0532. The molecule has 0 aliphatic rings. The number of aromatic nitrogens is 2. The summed E-state index contributed by atoms with van der Waals surface area (Å²) in [6.45, 7) is 2.08. The molecule has 0 saturated carbocycles. The molecule has 0 N–H and O–H groups in total. The summed E-state index contributed by atoms with van der Waals surface area (Å²) in [5.41, 5.74) is 0. The van der Waals surface area contributed by atoms with Crippen molar-refractivity contribution in [1.82, 2.24) is 9.97 Å². The number of carbonyl (C=O) groups is 1. The minimum absolute atomic E-state index is 0.180. The summed E-state index contributed by atoms with van der Waals surface area (Å²) < 4.78 is 9.81. The van der Waals surface area contributed by atoms with Gasteiger partial charge in [0.25, 0.3) is 0 Å². The molecule has 2 aromatic heterocycles. The van der Waals surface area contributed by atoms with Gasteiger partial charge < -0.3 is 9.47 Å². The van der Waals surface area contributed by atoms with Crippen LogP contribution in [-0.4, -0.2) is 29.7 Å². The second-order valence-electron chi connectivity index (χ2n) is 3.05. The van der Waals surface area contributed by atoms with Crippen molar-refractivity contribution in [2.45, 2.75) is 6.92 Å². The van der Waals surface area contributed by atoms with Crippen LogP contribution in [0, 0.1) is 0 Å².